The third-order valence-electron chi connectivity index (χ3n) is 4.76. The Morgan fingerprint density at radius 2 is 2.06 bits per heavy atom. The normalized spacial score (nSPS) is 16.1. The minimum Gasteiger partial charge on any atom is -0.463 e. The second-order valence-corrected chi connectivity index (χ2v) is 7.64. The summed E-state index contributed by atoms with van der Waals surface area (Å²) in [5.41, 5.74) is 7.49. The maximum Gasteiger partial charge on any atom is 0.338 e. The van der Waals surface area contributed by atoms with Crippen molar-refractivity contribution in [1.82, 2.24) is 14.5 Å². The highest BCUT2D eigenvalue weighted by Gasteiger charge is 2.36. The Bertz CT molecular complexity index is 1400. The molecule has 9 heteroatoms. The second-order valence-electron chi connectivity index (χ2n) is 6.61. The van der Waals surface area contributed by atoms with Gasteiger partial charge in [0.1, 0.15) is 10.5 Å². The molecule has 2 N–H and O–H groups in total. The molecule has 0 saturated carbocycles. The van der Waals surface area contributed by atoms with E-state index < -0.39 is 17.4 Å². The lowest BCUT2D eigenvalue weighted by Crippen LogP contribution is -2.40. The summed E-state index contributed by atoms with van der Waals surface area (Å²) in [6, 6.07) is 9.11. The molecule has 4 heterocycles. The predicted molar refractivity (Wildman–Crippen MR) is 116 cm³/mol. The van der Waals surface area contributed by atoms with Gasteiger partial charge in [-0.25, -0.2) is 4.79 Å². The molecule has 0 spiro atoms. The van der Waals surface area contributed by atoms with Crippen LogP contribution in [0, 0.1) is 11.3 Å². The van der Waals surface area contributed by atoms with Gasteiger partial charge in [-0.15, -0.1) is 11.3 Å². The van der Waals surface area contributed by atoms with E-state index in [2.05, 4.69) is 16.0 Å². The van der Waals surface area contributed by atoms with Crippen LogP contribution in [0.5, 0.6) is 0 Å². The Balaban J connectivity index is 2.10. The van der Waals surface area contributed by atoms with E-state index in [-0.39, 0.29) is 23.6 Å². The number of nitrogens with two attached hydrogens (primary N) is 1. The molecule has 0 amide bonds. The monoisotopic (exact) mass is 431 g/mol. The molecule has 8 nitrogen and oxygen atoms in total. The van der Waals surface area contributed by atoms with E-state index in [9.17, 15) is 14.9 Å². The molecule has 3 aromatic heterocycles. The summed E-state index contributed by atoms with van der Waals surface area (Å²) in [5, 5.41) is 9.88. The quantitative estimate of drug-likeness (QED) is 0.603. The molecule has 0 bridgehead atoms. The highest BCUT2D eigenvalue weighted by atomic mass is 32.1. The number of hydrogen-bond acceptors (Lipinski definition) is 8. The van der Waals surface area contributed by atoms with Crippen molar-refractivity contribution in [2.75, 3.05) is 6.61 Å². The number of nitriles is 1. The first-order valence-electron chi connectivity index (χ1n) is 9.41. The number of rotatable bonds is 4. The number of carbonyl (C=O) groups excluding carboxylic acids is 1. The van der Waals surface area contributed by atoms with Gasteiger partial charge in [0.2, 0.25) is 0 Å². The fraction of sp³-hybridized carbons (Fsp3) is 0.136. The maximum absolute atomic E-state index is 13.2. The number of hydrogen-bond donors (Lipinski definition) is 1. The number of carbonyl (C=O) groups is 1. The van der Waals surface area contributed by atoms with Crippen molar-refractivity contribution in [3.05, 3.63) is 85.3 Å². The van der Waals surface area contributed by atoms with Crippen molar-refractivity contribution in [2.45, 2.75) is 12.8 Å². The van der Waals surface area contributed by atoms with Crippen LogP contribution in [-0.4, -0.2) is 27.1 Å². The third-order valence-corrected chi connectivity index (χ3v) is 5.87. The highest BCUT2D eigenvalue weighted by Crippen LogP contribution is 2.36. The van der Waals surface area contributed by atoms with Crippen LogP contribution in [-0.2, 0) is 9.53 Å². The van der Waals surface area contributed by atoms with E-state index >= 15 is 0 Å². The van der Waals surface area contributed by atoms with Crippen LogP contribution in [0.25, 0.3) is 17.5 Å². The Morgan fingerprint density at radius 1 is 1.32 bits per heavy atom. The van der Waals surface area contributed by atoms with Crippen LogP contribution in [0.4, 0.5) is 0 Å². The molecular weight excluding hydrogens is 414 g/mol. The maximum atomic E-state index is 13.2. The zero-order chi connectivity index (χ0) is 22.0. The minimum atomic E-state index is -0.790. The highest BCUT2D eigenvalue weighted by molar-refractivity contribution is 7.07. The SMILES string of the molecule is CCOC(=O)C1=c2s/c(=C/c3cccnc3)c(=O)n2C(N)=C(C#N)C1c1cccnc1. The summed E-state index contributed by atoms with van der Waals surface area (Å²) in [5.74, 6) is -1.41. The van der Waals surface area contributed by atoms with E-state index in [1.54, 1.807) is 56.0 Å². The zero-order valence-corrected chi connectivity index (χ0v) is 17.3. The number of fused-ring (bicyclic) bond motifs is 1. The van der Waals surface area contributed by atoms with Gasteiger partial charge in [0.15, 0.2) is 0 Å². The largest absolute Gasteiger partial charge is 0.463 e. The first-order valence-corrected chi connectivity index (χ1v) is 10.2. The molecule has 1 aliphatic rings. The summed E-state index contributed by atoms with van der Waals surface area (Å²) in [4.78, 5) is 34.4. The lowest BCUT2D eigenvalue weighted by Gasteiger charge is -2.24. The van der Waals surface area contributed by atoms with Crippen molar-refractivity contribution < 1.29 is 9.53 Å². The van der Waals surface area contributed by atoms with E-state index in [1.807, 2.05) is 6.07 Å². The first kappa shape index (κ1) is 20.3. The number of aromatic nitrogens is 3. The van der Waals surface area contributed by atoms with Crippen LogP contribution in [0.1, 0.15) is 24.0 Å². The Kier molecular flexibility index (Phi) is 5.47. The van der Waals surface area contributed by atoms with Crippen LogP contribution in [0.2, 0.25) is 0 Å². The summed E-state index contributed by atoms with van der Waals surface area (Å²) in [6.07, 6.45) is 8.09. The molecule has 1 atom stereocenters. The molecule has 0 saturated heterocycles. The van der Waals surface area contributed by atoms with Crippen molar-refractivity contribution in [3.8, 4) is 6.07 Å². The zero-order valence-electron chi connectivity index (χ0n) is 16.5. The van der Waals surface area contributed by atoms with Gasteiger partial charge >= 0.3 is 5.97 Å². The van der Waals surface area contributed by atoms with Gasteiger partial charge in [-0.05, 0) is 36.3 Å². The molecule has 3 aromatic rings. The summed E-state index contributed by atoms with van der Waals surface area (Å²) in [6.45, 7) is 1.84. The molecule has 1 aliphatic heterocycles. The van der Waals surface area contributed by atoms with Gasteiger partial charge in [-0.1, -0.05) is 12.1 Å². The van der Waals surface area contributed by atoms with Crippen LogP contribution >= 0.6 is 11.3 Å². The molecule has 154 valence electrons. The van der Waals surface area contributed by atoms with Gasteiger partial charge in [0.25, 0.3) is 5.56 Å². The third kappa shape index (κ3) is 3.53. The van der Waals surface area contributed by atoms with E-state index in [4.69, 9.17) is 10.5 Å². The number of allylic oxidation sites excluding steroid dienone is 1. The summed E-state index contributed by atoms with van der Waals surface area (Å²) >= 11 is 1.12. The lowest BCUT2D eigenvalue weighted by atomic mass is 9.84. The molecule has 31 heavy (non-hydrogen) atoms. The molecule has 0 fully saturated rings. The van der Waals surface area contributed by atoms with E-state index in [0.717, 1.165) is 16.9 Å². The molecule has 4 rings (SSSR count). The number of nitrogens with zero attached hydrogens (tertiary/aromatic N) is 4. The van der Waals surface area contributed by atoms with Crippen molar-refractivity contribution in [1.29, 1.82) is 5.26 Å². The van der Waals surface area contributed by atoms with E-state index in [1.165, 1.54) is 4.57 Å². The van der Waals surface area contributed by atoms with Gasteiger partial charge in [-0.2, -0.15) is 5.26 Å². The van der Waals surface area contributed by atoms with Gasteiger partial charge in [0.05, 0.1) is 34.3 Å². The Morgan fingerprint density at radius 3 is 2.68 bits per heavy atom. The number of ether oxygens (including phenoxy) is 1. The average molecular weight is 431 g/mol. The number of esters is 1. The molecule has 0 aliphatic carbocycles. The predicted octanol–water partition coefficient (Wildman–Crippen LogP) is 0.691. The lowest BCUT2D eigenvalue weighted by molar-refractivity contribution is -0.136. The molecule has 0 radical (unpaired) electrons. The number of pyridine rings is 2. The fourth-order valence-electron chi connectivity index (χ4n) is 3.45. The Labute approximate surface area is 180 Å². The van der Waals surface area contributed by atoms with Crippen LogP contribution in [0.3, 0.4) is 0 Å². The Hall–Kier alpha value is -4.03. The van der Waals surface area contributed by atoms with Gasteiger partial charge in [0, 0.05) is 24.8 Å². The van der Waals surface area contributed by atoms with Crippen molar-refractivity contribution >= 4 is 34.8 Å². The summed E-state index contributed by atoms with van der Waals surface area (Å²) < 4.78 is 7.20. The average Bonchev–Trinajstić information content (AvgIpc) is 3.11. The van der Waals surface area contributed by atoms with Crippen LogP contribution < -0.4 is 20.5 Å². The first-order chi connectivity index (χ1) is 15.1. The fourth-order valence-corrected chi connectivity index (χ4v) is 4.61. The van der Waals surface area contributed by atoms with Crippen molar-refractivity contribution in [2.24, 2.45) is 5.73 Å². The molecule has 1 unspecified atom stereocenters. The van der Waals surface area contributed by atoms with Crippen LogP contribution in [0.15, 0.2) is 59.4 Å². The van der Waals surface area contributed by atoms with Gasteiger partial charge in [-0.3, -0.25) is 19.3 Å². The minimum absolute atomic E-state index is 0.00788. The smallest absolute Gasteiger partial charge is 0.338 e. The van der Waals surface area contributed by atoms with E-state index in [0.29, 0.717) is 14.8 Å². The number of thiazole rings is 1. The molecular formula is C22H17N5O3S. The molecule has 0 aromatic carbocycles. The summed E-state index contributed by atoms with van der Waals surface area (Å²) in [7, 11) is 0. The van der Waals surface area contributed by atoms with Gasteiger partial charge < -0.3 is 10.5 Å². The van der Waals surface area contributed by atoms with Crippen molar-refractivity contribution in [3.63, 3.8) is 0 Å². The standard InChI is InChI=1S/C22H17N5O3S/c1-2-30-22(29)18-17(14-6-4-8-26-12-14)15(10-23)19(24)27-20(28)16(31-21(18)27)9-13-5-3-7-25-11-13/h3-9,11-12,17H,2,24H2,1H3/b16-9+. The second kappa shape index (κ2) is 8.38. The topological polar surface area (TPSA) is 124 Å².